The topological polar surface area (TPSA) is 75.7 Å². The van der Waals surface area contributed by atoms with Gasteiger partial charge < -0.3 is 10.1 Å². The average Bonchev–Trinajstić information content (AvgIpc) is 2.25. The Bertz CT molecular complexity index is 316. The molecule has 0 aromatic carbocycles. The predicted molar refractivity (Wildman–Crippen MR) is 71.6 cm³/mol. The zero-order valence-electron chi connectivity index (χ0n) is 12.2. The summed E-state index contributed by atoms with van der Waals surface area (Å²) >= 11 is 0. The van der Waals surface area contributed by atoms with E-state index < -0.39 is 5.97 Å². The number of ether oxygens (including phenoxy) is 1. The van der Waals surface area contributed by atoms with Gasteiger partial charge in [-0.1, -0.05) is 13.8 Å². The first-order chi connectivity index (χ1) is 8.85. The average molecular weight is 272 g/mol. The van der Waals surface area contributed by atoms with Gasteiger partial charge in [0, 0.05) is 6.54 Å². The minimum Gasteiger partial charge on any atom is -0.466 e. The molecule has 6 heteroatoms. The lowest BCUT2D eigenvalue weighted by Crippen LogP contribution is -2.39. The number of ketones is 1. The van der Waals surface area contributed by atoms with Crippen molar-refractivity contribution in [1.29, 1.82) is 0 Å². The lowest BCUT2D eigenvalue weighted by molar-refractivity contribution is -0.145. The van der Waals surface area contributed by atoms with Crippen molar-refractivity contribution in [2.75, 3.05) is 33.3 Å². The lowest BCUT2D eigenvalue weighted by Gasteiger charge is -2.15. The monoisotopic (exact) mass is 272 g/mol. The van der Waals surface area contributed by atoms with Crippen molar-refractivity contribution in [2.24, 2.45) is 5.92 Å². The normalized spacial score (nSPS) is 10.6. The maximum absolute atomic E-state index is 11.5. The van der Waals surface area contributed by atoms with Crippen molar-refractivity contribution in [3.63, 3.8) is 0 Å². The first kappa shape index (κ1) is 17.6. The highest BCUT2D eigenvalue weighted by atomic mass is 16.5. The highest BCUT2D eigenvalue weighted by Gasteiger charge is 2.14. The molecule has 0 aromatic heterocycles. The minimum atomic E-state index is -0.523. The lowest BCUT2D eigenvalue weighted by atomic mass is 10.2. The van der Waals surface area contributed by atoms with Crippen molar-refractivity contribution in [1.82, 2.24) is 10.2 Å². The molecule has 0 rings (SSSR count). The van der Waals surface area contributed by atoms with E-state index in [0.29, 0.717) is 12.5 Å². The van der Waals surface area contributed by atoms with Crippen LogP contribution in [0.4, 0.5) is 0 Å². The Balaban J connectivity index is 3.90. The highest BCUT2D eigenvalue weighted by molar-refractivity contribution is 5.96. The van der Waals surface area contributed by atoms with Gasteiger partial charge in [0.05, 0.1) is 19.7 Å². The Morgan fingerprint density at radius 1 is 1.21 bits per heavy atom. The summed E-state index contributed by atoms with van der Waals surface area (Å²) in [5.74, 6) is -0.511. The summed E-state index contributed by atoms with van der Waals surface area (Å²) in [4.78, 5) is 35.7. The van der Waals surface area contributed by atoms with Gasteiger partial charge in [-0.05, 0) is 19.9 Å². The fourth-order valence-corrected chi connectivity index (χ4v) is 1.40. The van der Waals surface area contributed by atoms with E-state index >= 15 is 0 Å². The van der Waals surface area contributed by atoms with Gasteiger partial charge in [-0.3, -0.25) is 19.3 Å². The molecule has 110 valence electrons. The van der Waals surface area contributed by atoms with Crippen LogP contribution in [0.1, 0.15) is 27.2 Å². The second kappa shape index (κ2) is 9.49. The van der Waals surface area contributed by atoms with E-state index in [9.17, 15) is 14.4 Å². The third-order valence-electron chi connectivity index (χ3n) is 2.21. The number of nitrogens with one attached hydrogen (secondary N) is 1. The Labute approximate surface area is 114 Å². The van der Waals surface area contributed by atoms with E-state index in [-0.39, 0.29) is 37.8 Å². The quantitative estimate of drug-likeness (QED) is 0.480. The number of rotatable bonds is 9. The first-order valence-electron chi connectivity index (χ1n) is 6.47. The number of hydrogen-bond donors (Lipinski definition) is 1. The molecule has 0 atom stereocenters. The van der Waals surface area contributed by atoms with Gasteiger partial charge in [0.1, 0.15) is 6.42 Å². The van der Waals surface area contributed by atoms with Crippen molar-refractivity contribution in [3.05, 3.63) is 0 Å². The number of amides is 1. The van der Waals surface area contributed by atoms with Crippen molar-refractivity contribution < 1.29 is 19.1 Å². The van der Waals surface area contributed by atoms with Gasteiger partial charge in [0.2, 0.25) is 5.91 Å². The molecule has 0 bridgehead atoms. The van der Waals surface area contributed by atoms with Crippen LogP contribution in [0.25, 0.3) is 0 Å². The van der Waals surface area contributed by atoms with E-state index in [1.807, 2.05) is 13.8 Å². The summed E-state index contributed by atoms with van der Waals surface area (Å²) in [6, 6.07) is 0. The molecule has 0 aliphatic heterocycles. The van der Waals surface area contributed by atoms with Gasteiger partial charge >= 0.3 is 5.97 Å². The Morgan fingerprint density at radius 3 is 2.37 bits per heavy atom. The van der Waals surface area contributed by atoms with E-state index in [4.69, 9.17) is 0 Å². The molecular formula is C13H24N2O4. The van der Waals surface area contributed by atoms with Crippen molar-refractivity contribution in [3.8, 4) is 0 Å². The third kappa shape index (κ3) is 10.2. The van der Waals surface area contributed by atoms with Crippen LogP contribution in [0.2, 0.25) is 0 Å². The molecule has 1 N–H and O–H groups in total. The number of carbonyl (C=O) groups is 3. The fraction of sp³-hybridized carbons (Fsp3) is 0.769. The molecule has 0 radical (unpaired) electrons. The summed E-state index contributed by atoms with van der Waals surface area (Å²) in [6.45, 7) is 6.78. The minimum absolute atomic E-state index is 0.0634. The number of likely N-dealkylation sites (N-methyl/N-ethyl adjacent to an activating group) is 1. The highest BCUT2D eigenvalue weighted by Crippen LogP contribution is 1.93. The second-order valence-corrected chi connectivity index (χ2v) is 4.89. The van der Waals surface area contributed by atoms with E-state index in [1.165, 1.54) is 0 Å². The number of nitrogens with zero attached hydrogens (tertiary/aromatic N) is 1. The van der Waals surface area contributed by atoms with Gasteiger partial charge in [-0.2, -0.15) is 0 Å². The number of esters is 1. The predicted octanol–water partition coefficient (Wildman–Crippen LogP) is 0.213. The summed E-state index contributed by atoms with van der Waals surface area (Å²) in [6.07, 6.45) is -0.244. The molecule has 0 saturated heterocycles. The smallest absolute Gasteiger partial charge is 0.313 e. The van der Waals surface area contributed by atoms with E-state index in [2.05, 4.69) is 10.1 Å². The Morgan fingerprint density at radius 2 is 1.84 bits per heavy atom. The summed E-state index contributed by atoms with van der Waals surface area (Å²) in [5, 5.41) is 2.76. The summed E-state index contributed by atoms with van der Waals surface area (Å²) < 4.78 is 4.68. The summed E-state index contributed by atoms with van der Waals surface area (Å²) in [7, 11) is 1.66. The molecule has 0 aromatic rings. The third-order valence-corrected chi connectivity index (χ3v) is 2.21. The molecule has 0 heterocycles. The SMILES string of the molecule is CCOC(=O)CC(=O)CN(C)CC(=O)NCC(C)C. The molecule has 6 nitrogen and oxygen atoms in total. The van der Waals surface area contributed by atoms with E-state index in [1.54, 1.807) is 18.9 Å². The number of hydrogen-bond acceptors (Lipinski definition) is 5. The maximum atomic E-state index is 11.5. The van der Waals surface area contributed by atoms with Crippen LogP contribution < -0.4 is 5.32 Å². The van der Waals surface area contributed by atoms with Crippen molar-refractivity contribution in [2.45, 2.75) is 27.2 Å². The van der Waals surface area contributed by atoms with Crippen LogP contribution >= 0.6 is 0 Å². The Kier molecular flexibility index (Phi) is 8.78. The standard InChI is InChI=1S/C13H24N2O4/c1-5-19-13(18)6-11(16)8-15(4)9-12(17)14-7-10(2)3/h10H,5-9H2,1-4H3,(H,14,17). The molecule has 0 aliphatic rings. The summed E-state index contributed by atoms with van der Waals surface area (Å²) in [5.41, 5.74) is 0. The second-order valence-electron chi connectivity index (χ2n) is 4.89. The van der Waals surface area contributed by atoms with Crippen LogP contribution in [0.15, 0.2) is 0 Å². The zero-order chi connectivity index (χ0) is 14.8. The van der Waals surface area contributed by atoms with Gasteiger partial charge in [0.15, 0.2) is 5.78 Å². The van der Waals surface area contributed by atoms with Gasteiger partial charge in [-0.15, -0.1) is 0 Å². The van der Waals surface area contributed by atoms with Crippen molar-refractivity contribution >= 4 is 17.7 Å². The molecule has 0 saturated carbocycles. The van der Waals surface area contributed by atoms with Gasteiger partial charge in [0.25, 0.3) is 0 Å². The van der Waals surface area contributed by atoms with Crippen LogP contribution in [-0.4, -0.2) is 55.8 Å². The number of carbonyl (C=O) groups excluding carboxylic acids is 3. The molecule has 1 amide bonds. The molecular weight excluding hydrogens is 248 g/mol. The fourth-order valence-electron chi connectivity index (χ4n) is 1.40. The maximum Gasteiger partial charge on any atom is 0.313 e. The molecule has 0 aliphatic carbocycles. The van der Waals surface area contributed by atoms with Crippen LogP contribution in [-0.2, 0) is 19.1 Å². The molecule has 19 heavy (non-hydrogen) atoms. The van der Waals surface area contributed by atoms with E-state index in [0.717, 1.165) is 0 Å². The zero-order valence-corrected chi connectivity index (χ0v) is 12.2. The van der Waals surface area contributed by atoms with Crippen LogP contribution in [0.3, 0.4) is 0 Å². The molecule has 0 unspecified atom stereocenters. The molecule has 0 spiro atoms. The number of Topliss-reactive ketones (excluding diaryl/α,β-unsaturated/α-hetero) is 1. The largest absolute Gasteiger partial charge is 0.466 e. The molecule has 0 fully saturated rings. The Hall–Kier alpha value is -1.43. The van der Waals surface area contributed by atoms with Crippen LogP contribution in [0.5, 0.6) is 0 Å². The van der Waals surface area contributed by atoms with Gasteiger partial charge in [-0.25, -0.2) is 0 Å². The van der Waals surface area contributed by atoms with Crippen LogP contribution in [0, 0.1) is 5.92 Å². The first-order valence-corrected chi connectivity index (χ1v) is 6.47.